The third kappa shape index (κ3) is 3.63. The maximum absolute atomic E-state index is 10.3. The highest BCUT2D eigenvalue weighted by molar-refractivity contribution is 5.33. The van der Waals surface area contributed by atoms with E-state index in [1.807, 2.05) is 0 Å². The monoisotopic (exact) mass is 195 g/mol. The van der Waals surface area contributed by atoms with Crippen LogP contribution < -0.4 is 0 Å². The van der Waals surface area contributed by atoms with Crippen LogP contribution in [-0.2, 0) is 4.79 Å². The van der Waals surface area contributed by atoms with E-state index in [-0.39, 0.29) is 6.04 Å². The first-order valence-corrected chi connectivity index (χ1v) is 5.95. The number of carbonyl (C=O) groups excluding carboxylic acids is 1. The molecule has 80 valence electrons. The molecule has 1 aliphatic carbocycles. The fourth-order valence-electron chi connectivity index (χ4n) is 2.41. The molecule has 0 spiro atoms. The van der Waals surface area contributed by atoms with E-state index in [4.69, 9.17) is 0 Å². The molecule has 2 nitrogen and oxygen atoms in total. The third-order valence-electron chi connectivity index (χ3n) is 3.27. The fraction of sp³-hybridized carbons (Fsp3) is 0.917. The summed E-state index contributed by atoms with van der Waals surface area (Å²) in [5.41, 5.74) is 0. The summed E-state index contributed by atoms with van der Waals surface area (Å²) in [6.45, 7) is 2.18. The molecule has 1 fully saturated rings. The highest BCUT2D eigenvalue weighted by Gasteiger charge is 2.22. The summed E-state index contributed by atoms with van der Waals surface area (Å²) in [6.07, 6.45) is 11.7. The van der Waals surface area contributed by atoms with Gasteiger partial charge in [0.25, 0.3) is 0 Å². The lowest BCUT2D eigenvalue weighted by atomic mass is 9.82. The highest BCUT2D eigenvalue weighted by atomic mass is 16.1. The standard InChI is InChI=1S/C12H21NO/c1-2-3-9-12(13-10-14)11-7-5-4-6-8-11/h11-12H,2-9H2,1H3. The Balaban J connectivity index is 2.42. The van der Waals surface area contributed by atoms with E-state index in [1.54, 1.807) is 6.08 Å². The Kier molecular flexibility index (Phi) is 5.55. The largest absolute Gasteiger partial charge is 0.235 e. The average Bonchev–Trinajstić information content (AvgIpc) is 2.25. The average molecular weight is 195 g/mol. The summed E-state index contributed by atoms with van der Waals surface area (Å²) in [5, 5.41) is 0. The van der Waals surface area contributed by atoms with E-state index in [0.717, 1.165) is 6.42 Å². The van der Waals surface area contributed by atoms with Gasteiger partial charge in [-0.05, 0) is 25.2 Å². The minimum Gasteiger partial charge on any atom is -0.211 e. The number of isocyanates is 1. The number of nitrogens with zero attached hydrogens (tertiary/aromatic N) is 1. The second-order valence-corrected chi connectivity index (χ2v) is 4.33. The van der Waals surface area contributed by atoms with Crippen molar-refractivity contribution < 1.29 is 4.79 Å². The van der Waals surface area contributed by atoms with Crippen LogP contribution in [-0.4, -0.2) is 12.1 Å². The maximum atomic E-state index is 10.3. The first-order valence-electron chi connectivity index (χ1n) is 5.95. The van der Waals surface area contributed by atoms with Crippen molar-refractivity contribution in [3.8, 4) is 0 Å². The van der Waals surface area contributed by atoms with Gasteiger partial charge in [0.05, 0.1) is 6.04 Å². The number of rotatable bonds is 5. The molecule has 1 rings (SSSR count). The Labute approximate surface area is 86.8 Å². The van der Waals surface area contributed by atoms with Crippen molar-refractivity contribution in [1.82, 2.24) is 0 Å². The van der Waals surface area contributed by atoms with E-state index >= 15 is 0 Å². The molecule has 0 aromatic heterocycles. The van der Waals surface area contributed by atoms with E-state index in [2.05, 4.69) is 11.9 Å². The summed E-state index contributed by atoms with van der Waals surface area (Å²) in [4.78, 5) is 14.3. The van der Waals surface area contributed by atoms with Crippen molar-refractivity contribution >= 4 is 6.08 Å². The van der Waals surface area contributed by atoms with Crippen LogP contribution >= 0.6 is 0 Å². The second kappa shape index (κ2) is 6.78. The molecule has 1 saturated carbocycles. The van der Waals surface area contributed by atoms with Gasteiger partial charge >= 0.3 is 0 Å². The molecule has 0 N–H and O–H groups in total. The van der Waals surface area contributed by atoms with Gasteiger partial charge in [0.1, 0.15) is 0 Å². The number of hydrogen-bond acceptors (Lipinski definition) is 2. The van der Waals surface area contributed by atoms with Gasteiger partial charge in [-0.1, -0.05) is 39.0 Å². The van der Waals surface area contributed by atoms with Crippen molar-refractivity contribution in [2.75, 3.05) is 0 Å². The molecule has 0 aliphatic heterocycles. The van der Waals surface area contributed by atoms with Crippen LogP contribution in [0.3, 0.4) is 0 Å². The Morgan fingerprint density at radius 1 is 1.36 bits per heavy atom. The summed E-state index contributed by atoms with van der Waals surface area (Å²) in [7, 11) is 0. The Morgan fingerprint density at radius 2 is 2.07 bits per heavy atom. The van der Waals surface area contributed by atoms with Crippen molar-refractivity contribution in [2.24, 2.45) is 10.9 Å². The summed E-state index contributed by atoms with van der Waals surface area (Å²) < 4.78 is 0. The smallest absolute Gasteiger partial charge is 0.211 e. The minimum atomic E-state index is 0.271. The quantitative estimate of drug-likeness (QED) is 0.488. The minimum absolute atomic E-state index is 0.271. The van der Waals surface area contributed by atoms with Crippen LogP contribution in [0.4, 0.5) is 0 Å². The van der Waals surface area contributed by atoms with Gasteiger partial charge < -0.3 is 0 Å². The van der Waals surface area contributed by atoms with Crippen molar-refractivity contribution in [2.45, 2.75) is 64.3 Å². The molecule has 0 saturated heterocycles. The van der Waals surface area contributed by atoms with E-state index < -0.39 is 0 Å². The van der Waals surface area contributed by atoms with Crippen LogP contribution in [0, 0.1) is 5.92 Å². The van der Waals surface area contributed by atoms with Gasteiger partial charge in [-0.2, -0.15) is 0 Å². The highest BCUT2D eigenvalue weighted by Crippen LogP contribution is 2.30. The van der Waals surface area contributed by atoms with E-state index in [0.29, 0.717) is 5.92 Å². The molecule has 0 radical (unpaired) electrons. The van der Waals surface area contributed by atoms with Gasteiger partial charge in [-0.15, -0.1) is 0 Å². The van der Waals surface area contributed by atoms with Crippen molar-refractivity contribution in [3.63, 3.8) is 0 Å². The third-order valence-corrected chi connectivity index (χ3v) is 3.27. The van der Waals surface area contributed by atoms with Crippen LogP contribution in [0.2, 0.25) is 0 Å². The topological polar surface area (TPSA) is 29.4 Å². The molecule has 0 aromatic rings. The van der Waals surface area contributed by atoms with Gasteiger partial charge in [-0.3, -0.25) is 0 Å². The zero-order chi connectivity index (χ0) is 10.2. The predicted octanol–water partition coefficient (Wildman–Crippen LogP) is 3.46. The molecule has 0 aromatic carbocycles. The molecule has 1 aliphatic rings. The Hall–Kier alpha value is -0.620. The van der Waals surface area contributed by atoms with Crippen LogP contribution in [0.25, 0.3) is 0 Å². The molecule has 2 heteroatoms. The Morgan fingerprint density at radius 3 is 2.64 bits per heavy atom. The first-order chi connectivity index (χ1) is 6.88. The first kappa shape index (κ1) is 11.5. The fourth-order valence-corrected chi connectivity index (χ4v) is 2.41. The molecule has 0 heterocycles. The molecule has 0 bridgehead atoms. The number of aliphatic imine (C=N–C) groups is 1. The molecule has 14 heavy (non-hydrogen) atoms. The van der Waals surface area contributed by atoms with Crippen LogP contribution in [0.15, 0.2) is 4.99 Å². The predicted molar refractivity (Wildman–Crippen MR) is 58.0 cm³/mol. The maximum Gasteiger partial charge on any atom is 0.235 e. The molecular weight excluding hydrogens is 174 g/mol. The molecule has 1 unspecified atom stereocenters. The molecule has 0 amide bonds. The number of hydrogen-bond donors (Lipinski definition) is 0. The molecule has 1 atom stereocenters. The Bertz CT molecular complexity index is 190. The van der Waals surface area contributed by atoms with Crippen molar-refractivity contribution in [1.29, 1.82) is 0 Å². The van der Waals surface area contributed by atoms with Crippen molar-refractivity contribution in [3.05, 3.63) is 0 Å². The van der Waals surface area contributed by atoms with Gasteiger partial charge in [0, 0.05) is 0 Å². The normalized spacial score (nSPS) is 20.1. The number of unbranched alkanes of at least 4 members (excludes halogenated alkanes) is 1. The summed E-state index contributed by atoms with van der Waals surface area (Å²) >= 11 is 0. The van der Waals surface area contributed by atoms with Gasteiger partial charge in [-0.25, -0.2) is 9.79 Å². The molecular formula is C12H21NO. The van der Waals surface area contributed by atoms with Gasteiger partial charge in [0.2, 0.25) is 6.08 Å². The van der Waals surface area contributed by atoms with E-state index in [1.165, 1.54) is 44.9 Å². The second-order valence-electron chi connectivity index (χ2n) is 4.33. The SMILES string of the molecule is CCCCC(N=C=O)C1CCCCC1. The van der Waals surface area contributed by atoms with Crippen LogP contribution in [0.5, 0.6) is 0 Å². The zero-order valence-corrected chi connectivity index (χ0v) is 9.17. The summed E-state index contributed by atoms with van der Waals surface area (Å²) in [5.74, 6) is 0.664. The van der Waals surface area contributed by atoms with Gasteiger partial charge in [0.15, 0.2) is 0 Å². The zero-order valence-electron chi connectivity index (χ0n) is 9.17. The lowest BCUT2D eigenvalue weighted by molar-refractivity contribution is 0.292. The lowest BCUT2D eigenvalue weighted by Crippen LogP contribution is -2.21. The summed E-state index contributed by atoms with van der Waals surface area (Å²) in [6, 6.07) is 0.271. The lowest BCUT2D eigenvalue weighted by Gasteiger charge is -2.26. The van der Waals surface area contributed by atoms with E-state index in [9.17, 15) is 4.79 Å². The van der Waals surface area contributed by atoms with Crippen LogP contribution in [0.1, 0.15) is 58.3 Å².